The predicted molar refractivity (Wildman–Crippen MR) is 120 cm³/mol. The Kier molecular flexibility index (Phi) is 5.06. The third kappa shape index (κ3) is 3.91. The van der Waals surface area contributed by atoms with Gasteiger partial charge in [0.05, 0.1) is 17.6 Å². The first-order valence-corrected chi connectivity index (χ1v) is 10.2. The van der Waals surface area contributed by atoms with Gasteiger partial charge in [-0.2, -0.15) is 0 Å². The first-order valence-electron chi connectivity index (χ1n) is 10.2. The summed E-state index contributed by atoms with van der Waals surface area (Å²) < 4.78 is 23.1. The molecule has 0 saturated carbocycles. The average molecular weight is 442 g/mol. The number of imidazole rings is 2. The van der Waals surface area contributed by atoms with E-state index in [0.29, 0.717) is 28.5 Å². The van der Waals surface area contributed by atoms with E-state index in [1.54, 1.807) is 41.1 Å². The van der Waals surface area contributed by atoms with E-state index >= 15 is 0 Å². The number of amides is 1. The molecule has 5 aromatic rings. The number of halogens is 1. The van der Waals surface area contributed by atoms with Crippen LogP contribution in [0.3, 0.4) is 0 Å². The molecule has 0 fully saturated rings. The molecule has 4 aromatic heterocycles. The number of benzene rings is 1. The van der Waals surface area contributed by atoms with Crippen LogP contribution in [-0.4, -0.2) is 29.8 Å². The van der Waals surface area contributed by atoms with E-state index in [0.717, 1.165) is 5.69 Å². The molecular weight excluding hydrogens is 423 g/mol. The minimum atomic E-state index is -0.579. The molecule has 4 heterocycles. The standard InChI is InChI=1S/C24H19FN6O2/c1-15-5-4-7-19(28-15)24-29-16(14-33-21-8-3-2-6-18(21)25)12-30(24)17-9-10-22-27-11-20(23(26)32)31(22)13-17/h2-13H,14H2,1H3,(H2,26,32). The van der Waals surface area contributed by atoms with Crippen molar-refractivity contribution in [2.24, 2.45) is 5.73 Å². The summed E-state index contributed by atoms with van der Waals surface area (Å²) in [6.45, 7) is 1.96. The van der Waals surface area contributed by atoms with Crippen LogP contribution in [0.2, 0.25) is 0 Å². The van der Waals surface area contributed by atoms with Gasteiger partial charge < -0.3 is 10.5 Å². The molecule has 2 N–H and O–H groups in total. The van der Waals surface area contributed by atoms with Gasteiger partial charge in [-0.25, -0.2) is 19.3 Å². The van der Waals surface area contributed by atoms with Gasteiger partial charge in [-0.15, -0.1) is 0 Å². The minimum Gasteiger partial charge on any atom is -0.484 e. The van der Waals surface area contributed by atoms with Gasteiger partial charge in [0.25, 0.3) is 5.91 Å². The molecular formula is C24H19FN6O2. The molecule has 8 nitrogen and oxygen atoms in total. The van der Waals surface area contributed by atoms with Crippen LogP contribution in [0.25, 0.3) is 22.9 Å². The number of nitrogens with two attached hydrogens (primary N) is 1. The molecule has 164 valence electrons. The lowest BCUT2D eigenvalue weighted by Crippen LogP contribution is -2.13. The zero-order chi connectivity index (χ0) is 22.9. The van der Waals surface area contributed by atoms with Gasteiger partial charge in [0, 0.05) is 18.1 Å². The second kappa shape index (κ2) is 8.19. The van der Waals surface area contributed by atoms with Crippen molar-refractivity contribution in [3.63, 3.8) is 0 Å². The Labute approximate surface area is 188 Å². The fraction of sp³-hybridized carbons (Fsp3) is 0.0833. The molecule has 5 rings (SSSR count). The number of primary amides is 1. The number of fused-ring (bicyclic) bond motifs is 1. The lowest BCUT2D eigenvalue weighted by molar-refractivity contribution is 0.0994. The fourth-order valence-electron chi connectivity index (χ4n) is 3.55. The Morgan fingerprint density at radius 2 is 1.91 bits per heavy atom. The van der Waals surface area contributed by atoms with Crippen molar-refractivity contribution >= 4 is 11.6 Å². The quantitative estimate of drug-likeness (QED) is 0.432. The van der Waals surface area contributed by atoms with E-state index in [9.17, 15) is 9.18 Å². The van der Waals surface area contributed by atoms with Crippen LogP contribution in [0.5, 0.6) is 5.75 Å². The van der Waals surface area contributed by atoms with Gasteiger partial charge in [-0.3, -0.25) is 13.8 Å². The number of carbonyl (C=O) groups excluding carboxylic acids is 1. The zero-order valence-electron chi connectivity index (χ0n) is 17.6. The summed E-state index contributed by atoms with van der Waals surface area (Å²) in [6.07, 6.45) is 4.99. The molecule has 0 bridgehead atoms. The topological polar surface area (TPSA) is 100 Å². The van der Waals surface area contributed by atoms with Gasteiger partial charge in [0.15, 0.2) is 17.4 Å². The number of ether oxygens (including phenoxy) is 1. The highest BCUT2D eigenvalue weighted by Crippen LogP contribution is 2.24. The summed E-state index contributed by atoms with van der Waals surface area (Å²) in [5.74, 6) is -0.300. The van der Waals surface area contributed by atoms with E-state index in [1.165, 1.54) is 12.3 Å². The Bertz CT molecular complexity index is 1490. The van der Waals surface area contributed by atoms with Crippen LogP contribution in [0, 0.1) is 12.7 Å². The second-order valence-electron chi connectivity index (χ2n) is 7.43. The van der Waals surface area contributed by atoms with Crippen LogP contribution < -0.4 is 10.5 Å². The Morgan fingerprint density at radius 3 is 2.70 bits per heavy atom. The minimum absolute atomic E-state index is 0.0621. The first-order chi connectivity index (χ1) is 16.0. The summed E-state index contributed by atoms with van der Waals surface area (Å²) >= 11 is 0. The van der Waals surface area contributed by atoms with Gasteiger partial charge in [-0.1, -0.05) is 18.2 Å². The van der Waals surface area contributed by atoms with Crippen LogP contribution in [0.15, 0.2) is 73.2 Å². The lowest BCUT2D eigenvalue weighted by atomic mass is 10.3. The van der Waals surface area contributed by atoms with Crippen LogP contribution in [-0.2, 0) is 6.61 Å². The lowest BCUT2D eigenvalue weighted by Gasteiger charge is -2.09. The second-order valence-corrected chi connectivity index (χ2v) is 7.43. The summed E-state index contributed by atoms with van der Waals surface area (Å²) in [7, 11) is 0. The molecule has 0 unspecified atom stereocenters. The van der Waals surface area contributed by atoms with Crippen molar-refractivity contribution in [1.29, 1.82) is 0 Å². The molecule has 1 aromatic carbocycles. The third-order valence-corrected chi connectivity index (χ3v) is 5.11. The molecule has 0 aliphatic rings. The smallest absolute Gasteiger partial charge is 0.267 e. The van der Waals surface area contributed by atoms with Crippen molar-refractivity contribution < 1.29 is 13.9 Å². The fourth-order valence-corrected chi connectivity index (χ4v) is 3.55. The highest BCUT2D eigenvalue weighted by atomic mass is 19.1. The number of aryl methyl sites for hydroxylation is 1. The zero-order valence-corrected chi connectivity index (χ0v) is 17.6. The van der Waals surface area contributed by atoms with E-state index < -0.39 is 11.7 Å². The van der Waals surface area contributed by atoms with Gasteiger partial charge in [0.2, 0.25) is 0 Å². The Morgan fingerprint density at radius 1 is 1.06 bits per heavy atom. The van der Waals surface area contributed by atoms with Crippen molar-refractivity contribution in [2.75, 3.05) is 0 Å². The summed E-state index contributed by atoms with van der Waals surface area (Å²) in [6, 6.07) is 15.5. The van der Waals surface area contributed by atoms with Crippen LogP contribution in [0.1, 0.15) is 21.9 Å². The molecule has 0 saturated heterocycles. The average Bonchev–Trinajstić information content (AvgIpc) is 3.42. The number of para-hydroxylation sites is 1. The number of hydrogen-bond acceptors (Lipinski definition) is 5. The maximum Gasteiger partial charge on any atom is 0.267 e. The monoisotopic (exact) mass is 442 g/mol. The SMILES string of the molecule is Cc1cccc(-c2nc(COc3ccccc3F)cn2-c2ccc3ncc(C(N)=O)n3c2)n1. The van der Waals surface area contributed by atoms with Crippen molar-refractivity contribution in [3.05, 3.63) is 96.1 Å². The number of carbonyl (C=O) groups is 1. The van der Waals surface area contributed by atoms with Gasteiger partial charge in [0.1, 0.15) is 23.6 Å². The van der Waals surface area contributed by atoms with Crippen molar-refractivity contribution in [3.8, 4) is 23.0 Å². The number of aromatic nitrogens is 5. The maximum absolute atomic E-state index is 14.0. The number of pyridine rings is 2. The molecule has 9 heteroatoms. The molecule has 1 amide bonds. The summed E-state index contributed by atoms with van der Waals surface area (Å²) in [5.41, 5.74) is 9.14. The van der Waals surface area contributed by atoms with E-state index in [-0.39, 0.29) is 18.1 Å². The number of hydrogen-bond donors (Lipinski definition) is 1. The molecule has 0 aliphatic carbocycles. The van der Waals surface area contributed by atoms with E-state index in [2.05, 4.69) is 9.97 Å². The van der Waals surface area contributed by atoms with Gasteiger partial charge >= 0.3 is 0 Å². The highest BCUT2D eigenvalue weighted by molar-refractivity contribution is 5.91. The van der Waals surface area contributed by atoms with Crippen LogP contribution >= 0.6 is 0 Å². The number of nitrogens with zero attached hydrogens (tertiary/aromatic N) is 5. The largest absolute Gasteiger partial charge is 0.484 e. The normalized spacial score (nSPS) is 11.1. The molecule has 33 heavy (non-hydrogen) atoms. The molecule has 0 aliphatic heterocycles. The maximum atomic E-state index is 14.0. The molecule has 0 atom stereocenters. The van der Waals surface area contributed by atoms with E-state index in [1.807, 2.05) is 35.8 Å². The molecule has 0 radical (unpaired) electrons. The summed E-state index contributed by atoms with van der Waals surface area (Å²) in [4.78, 5) is 25.3. The van der Waals surface area contributed by atoms with Crippen LogP contribution in [0.4, 0.5) is 4.39 Å². The van der Waals surface area contributed by atoms with Crippen molar-refractivity contribution in [2.45, 2.75) is 13.5 Å². The van der Waals surface area contributed by atoms with Crippen molar-refractivity contribution in [1.82, 2.24) is 23.9 Å². The Balaban J connectivity index is 1.59. The Hall–Kier alpha value is -4.53. The third-order valence-electron chi connectivity index (χ3n) is 5.11. The van der Waals surface area contributed by atoms with E-state index in [4.69, 9.17) is 15.5 Å². The number of rotatable bonds is 6. The van der Waals surface area contributed by atoms with Gasteiger partial charge in [-0.05, 0) is 43.3 Å². The predicted octanol–water partition coefficient (Wildman–Crippen LogP) is 3.71. The summed E-state index contributed by atoms with van der Waals surface area (Å²) in [5, 5.41) is 0. The highest BCUT2D eigenvalue weighted by Gasteiger charge is 2.16. The molecule has 0 spiro atoms. The first kappa shape index (κ1) is 20.4.